The largest absolute Gasteiger partial charge is 0.295 e. The van der Waals surface area contributed by atoms with Crippen LogP contribution in [0.3, 0.4) is 0 Å². The molecule has 2 aromatic carbocycles. The monoisotopic (exact) mass is 333 g/mol. The van der Waals surface area contributed by atoms with Crippen LogP contribution in [0.2, 0.25) is 0 Å². The van der Waals surface area contributed by atoms with E-state index in [1.807, 2.05) is 47.4 Å². The van der Waals surface area contributed by atoms with Crippen LogP contribution in [0, 0.1) is 0 Å². The Bertz CT molecular complexity index is 585. The fourth-order valence-corrected chi connectivity index (χ4v) is 3.61. The number of para-hydroxylation sites is 1. The Hall–Kier alpha value is -1.26. The van der Waals surface area contributed by atoms with Crippen molar-refractivity contribution in [1.29, 1.82) is 0 Å². The third kappa shape index (κ3) is 2.55. The molecule has 0 bridgehead atoms. The lowest BCUT2D eigenvalue weighted by atomic mass is 10.2. The van der Waals surface area contributed by atoms with Gasteiger partial charge in [0.25, 0.3) is 0 Å². The Morgan fingerprint density at radius 2 is 1.74 bits per heavy atom. The van der Waals surface area contributed by atoms with E-state index in [2.05, 4.69) is 28.1 Å². The molecule has 1 heterocycles. The zero-order chi connectivity index (χ0) is 13.2. The predicted octanol–water partition coefficient (Wildman–Crippen LogP) is 4.23. The first kappa shape index (κ1) is 12.8. The van der Waals surface area contributed by atoms with Crippen LogP contribution in [-0.4, -0.2) is 11.7 Å². The summed E-state index contributed by atoms with van der Waals surface area (Å²) in [7, 11) is 0. The van der Waals surface area contributed by atoms with Gasteiger partial charge in [-0.3, -0.25) is 9.69 Å². The predicted molar refractivity (Wildman–Crippen MR) is 83.3 cm³/mol. The van der Waals surface area contributed by atoms with E-state index in [1.165, 1.54) is 0 Å². The summed E-state index contributed by atoms with van der Waals surface area (Å²) in [5.41, 5.74) is 2.12. The second kappa shape index (κ2) is 5.39. The molecule has 1 aliphatic heterocycles. The highest BCUT2D eigenvalue weighted by atomic mass is 79.9. The lowest BCUT2D eigenvalue weighted by Crippen LogP contribution is -2.27. The number of amides is 1. The second-order valence-electron chi connectivity index (χ2n) is 4.31. The molecule has 0 aromatic heterocycles. The van der Waals surface area contributed by atoms with Crippen molar-refractivity contribution in [1.82, 2.24) is 0 Å². The van der Waals surface area contributed by atoms with Crippen molar-refractivity contribution >= 4 is 39.3 Å². The minimum atomic E-state index is 0.0722. The molecule has 19 heavy (non-hydrogen) atoms. The number of hydrogen-bond donors (Lipinski definition) is 0. The molecule has 0 radical (unpaired) electrons. The van der Waals surface area contributed by atoms with Gasteiger partial charge in [0.2, 0.25) is 5.91 Å². The summed E-state index contributed by atoms with van der Waals surface area (Å²) in [5.74, 6) is 0.708. The van der Waals surface area contributed by atoms with Crippen LogP contribution in [0.15, 0.2) is 59.1 Å². The minimum Gasteiger partial charge on any atom is -0.295 e. The highest BCUT2D eigenvalue weighted by Crippen LogP contribution is 2.41. The van der Waals surface area contributed by atoms with Gasteiger partial charge in [0, 0.05) is 10.2 Å². The zero-order valence-electron chi connectivity index (χ0n) is 10.1. The third-order valence-electron chi connectivity index (χ3n) is 3.06. The summed E-state index contributed by atoms with van der Waals surface area (Å²) in [6.07, 6.45) is 0. The van der Waals surface area contributed by atoms with Gasteiger partial charge in [-0.2, -0.15) is 0 Å². The first-order valence-corrected chi connectivity index (χ1v) is 7.84. The van der Waals surface area contributed by atoms with Gasteiger partial charge in [-0.25, -0.2) is 0 Å². The molecule has 3 rings (SSSR count). The maximum absolute atomic E-state index is 12.1. The molecule has 1 unspecified atom stereocenters. The fraction of sp³-hybridized carbons (Fsp3) is 0.133. The zero-order valence-corrected chi connectivity index (χ0v) is 12.5. The van der Waals surface area contributed by atoms with E-state index in [-0.39, 0.29) is 11.3 Å². The minimum absolute atomic E-state index is 0.0722. The van der Waals surface area contributed by atoms with Gasteiger partial charge < -0.3 is 0 Å². The van der Waals surface area contributed by atoms with E-state index in [9.17, 15) is 4.79 Å². The summed E-state index contributed by atoms with van der Waals surface area (Å²) >= 11 is 5.11. The van der Waals surface area contributed by atoms with Crippen molar-refractivity contribution in [3.63, 3.8) is 0 Å². The van der Waals surface area contributed by atoms with Crippen LogP contribution in [0.4, 0.5) is 5.69 Å². The number of halogens is 1. The number of carbonyl (C=O) groups excluding carboxylic acids is 1. The normalized spacial score (nSPS) is 18.9. The average molecular weight is 334 g/mol. The average Bonchev–Trinajstić information content (AvgIpc) is 2.82. The Labute approximate surface area is 124 Å². The van der Waals surface area contributed by atoms with Crippen LogP contribution in [0.5, 0.6) is 0 Å². The lowest BCUT2D eigenvalue weighted by molar-refractivity contribution is -0.115. The number of benzene rings is 2. The van der Waals surface area contributed by atoms with Crippen molar-refractivity contribution in [2.45, 2.75) is 5.37 Å². The number of rotatable bonds is 2. The molecule has 4 heteroatoms. The first-order chi connectivity index (χ1) is 9.25. The molecule has 0 N–H and O–H groups in total. The molecule has 2 aromatic rings. The van der Waals surface area contributed by atoms with Gasteiger partial charge in [-0.15, -0.1) is 11.8 Å². The van der Waals surface area contributed by atoms with Crippen LogP contribution in [0.25, 0.3) is 0 Å². The van der Waals surface area contributed by atoms with E-state index < -0.39 is 0 Å². The fourth-order valence-electron chi connectivity index (χ4n) is 2.17. The van der Waals surface area contributed by atoms with Crippen molar-refractivity contribution in [3.8, 4) is 0 Å². The van der Waals surface area contributed by atoms with Crippen molar-refractivity contribution in [2.75, 3.05) is 10.7 Å². The Kier molecular flexibility index (Phi) is 3.62. The summed E-state index contributed by atoms with van der Waals surface area (Å²) < 4.78 is 1.05. The van der Waals surface area contributed by atoms with Gasteiger partial charge in [0.1, 0.15) is 5.37 Å². The Morgan fingerprint density at radius 3 is 2.42 bits per heavy atom. The van der Waals surface area contributed by atoms with Crippen molar-refractivity contribution in [3.05, 3.63) is 64.6 Å². The molecule has 1 amide bonds. The highest BCUT2D eigenvalue weighted by Gasteiger charge is 2.33. The number of anilines is 1. The maximum atomic E-state index is 12.1. The molecule has 1 atom stereocenters. The molecule has 1 aliphatic rings. The van der Waals surface area contributed by atoms with Crippen molar-refractivity contribution in [2.24, 2.45) is 0 Å². The van der Waals surface area contributed by atoms with Gasteiger partial charge in [0.15, 0.2) is 0 Å². The Morgan fingerprint density at radius 1 is 1.05 bits per heavy atom. The van der Waals surface area contributed by atoms with Gasteiger partial charge in [0.05, 0.1) is 5.75 Å². The van der Waals surface area contributed by atoms with Crippen LogP contribution in [0.1, 0.15) is 10.9 Å². The summed E-state index contributed by atoms with van der Waals surface area (Å²) in [5, 5.41) is 0.0722. The quantitative estimate of drug-likeness (QED) is 0.819. The van der Waals surface area contributed by atoms with E-state index in [0.29, 0.717) is 5.75 Å². The van der Waals surface area contributed by atoms with Gasteiger partial charge in [-0.05, 0) is 29.8 Å². The molecule has 0 aliphatic carbocycles. The molecule has 0 saturated carbocycles. The smallest absolute Gasteiger partial charge is 0.238 e. The number of nitrogens with zero attached hydrogens (tertiary/aromatic N) is 1. The SMILES string of the molecule is O=C1CSC(c2ccc(Br)cc2)N1c1ccccc1. The maximum Gasteiger partial charge on any atom is 0.238 e. The van der Waals surface area contributed by atoms with E-state index >= 15 is 0 Å². The molecular formula is C15H12BrNOS. The molecule has 0 spiro atoms. The number of thioether (sulfide) groups is 1. The molecule has 1 fully saturated rings. The van der Waals surface area contributed by atoms with E-state index in [4.69, 9.17) is 0 Å². The number of hydrogen-bond acceptors (Lipinski definition) is 2. The summed E-state index contributed by atoms with van der Waals surface area (Å²) in [4.78, 5) is 14.0. The molecule has 96 valence electrons. The molecule has 2 nitrogen and oxygen atoms in total. The topological polar surface area (TPSA) is 20.3 Å². The van der Waals surface area contributed by atoms with Crippen molar-refractivity contribution < 1.29 is 4.79 Å². The first-order valence-electron chi connectivity index (χ1n) is 6.00. The summed E-state index contributed by atoms with van der Waals surface area (Å²) in [6, 6.07) is 18.0. The van der Waals surface area contributed by atoms with Crippen LogP contribution in [-0.2, 0) is 4.79 Å². The Balaban J connectivity index is 1.97. The van der Waals surface area contributed by atoms with Gasteiger partial charge in [-0.1, -0.05) is 46.3 Å². The molecule has 1 saturated heterocycles. The standard InChI is InChI=1S/C15H12BrNOS/c16-12-8-6-11(7-9-12)15-17(14(18)10-19-15)13-4-2-1-3-5-13/h1-9,15H,10H2. The summed E-state index contributed by atoms with van der Waals surface area (Å²) in [6.45, 7) is 0. The van der Waals surface area contributed by atoms with E-state index in [0.717, 1.165) is 15.7 Å². The second-order valence-corrected chi connectivity index (χ2v) is 6.30. The van der Waals surface area contributed by atoms with Crippen LogP contribution < -0.4 is 4.90 Å². The lowest BCUT2D eigenvalue weighted by Gasteiger charge is -2.24. The number of carbonyl (C=O) groups is 1. The van der Waals surface area contributed by atoms with E-state index in [1.54, 1.807) is 11.8 Å². The highest BCUT2D eigenvalue weighted by molar-refractivity contribution is 9.10. The van der Waals surface area contributed by atoms with Crippen LogP contribution >= 0.6 is 27.7 Å². The third-order valence-corrected chi connectivity index (χ3v) is 4.80. The van der Waals surface area contributed by atoms with Gasteiger partial charge >= 0.3 is 0 Å². The molecular weight excluding hydrogens is 322 g/mol.